The van der Waals surface area contributed by atoms with E-state index in [1.807, 2.05) is 22.9 Å². The minimum Gasteiger partial charge on any atom is -0.392 e. The Morgan fingerprint density at radius 2 is 2.22 bits per heavy atom. The molecule has 3 N–H and O–H groups in total. The molecule has 1 fully saturated rings. The normalized spacial score (nSPS) is 24.7. The van der Waals surface area contributed by atoms with Crippen molar-refractivity contribution in [2.24, 2.45) is 5.73 Å². The Kier molecular flexibility index (Phi) is 5.03. The highest BCUT2D eigenvalue weighted by atomic mass is 16.3. The molecule has 2 heterocycles. The van der Waals surface area contributed by atoms with Gasteiger partial charge < -0.3 is 10.8 Å². The van der Waals surface area contributed by atoms with E-state index in [1.165, 1.54) is 0 Å². The van der Waals surface area contributed by atoms with Crippen LogP contribution < -0.4 is 5.73 Å². The van der Waals surface area contributed by atoms with Crippen molar-refractivity contribution in [2.75, 3.05) is 0 Å². The monoisotopic (exact) mass is 315 g/mol. The largest absolute Gasteiger partial charge is 0.392 e. The molecule has 0 aliphatic heterocycles. The highest BCUT2D eigenvalue weighted by molar-refractivity contribution is 5.47. The highest BCUT2D eigenvalue weighted by Gasteiger charge is 2.31. The Hall–Kier alpha value is -1.79. The maximum Gasteiger partial charge on any atom is 0.200 e. The SMILES string of the molecule is CCCCn1nc(-c2ccccn2)nc1[C@H]1CC[C@@H](O)[C@H](N)C1. The minimum absolute atomic E-state index is 0.177. The first-order valence-electron chi connectivity index (χ1n) is 8.48. The van der Waals surface area contributed by atoms with Crippen LogP contribution in [0.15, 0.2) is 24.4 Å². The lowest BCUT2D eigenvalue weighted by Crippen LogP contribution is -2.40. The van der Waals surface area contributed by atoms with Crippen LogP contribution in [0.1, 0.15) is 50.8 Å². The summed E-state index contributed by atoms with van der Waals surface area (Å²) >= 11 is 0. The summed E-state index contributed by atoms with van der Waals surface area (Å²) in [4.78, 5) is 9.12. The molecule has 0 saturated heterocycles. The quantitative estimate of drug-likeness (QED) is 0.882. The van der Waals surface area contributed by atoms with E-state index in [4.69, 9.17) is 10.7 Å². The topological polar surface area (TPSA) is 89.8 Å². The number of hydrogen-bond donors (Lipinski definition) is 2. The number of aliphatic hydroxyl groups is 1. The standard InChI is InChI=1S/C17H25N5O/c1-2-3-10-22-17(12-7-8-15(23)13(18)11-12)20-16(21-22)14-6-4-5-9-19-14/h4-6,9,12-13,15,23H,2-3,7-8,10-11,18H2,1H3/t12-,13+,15+/m0/s1. The van der Waals surface area contributed by atoms with E-state index in [0.717, 1.165) is 50.2 Å². The highest BCUT2D eigenvalue weighted by Crippen LogP contribution is 2.32. The molecule has 0 unspecified atom stereocenters. The van der Waals surface area contributed by atoms with E-state index in [1.54, 1.807) is 6.20 Å². The lowest BCUT2D eigenvalue weighted by Gasteiger charge is -2.30. The van der Waals surface area contributed by atoms with Crippen LogP contribution in [0.2, 0.25) is 0 Å². The number of pyridine rings is 1. The molecule has 0 aromatic carbocycles. The first kappa shape index (κ1) is 16.1. The molecule has 124 valence electrons. The van der Waals surface area contributed by atoms with Crippen molar-refractivity contribution in [2.45, 2.75) is 63.6 Å². The molecule has 0 amide bonds. The van der Waals surface area contributed by atoms with Gasteiger partial charge in [-0.2, -0.15) is 0 Å². The molecular formula is C17H25N5O. The van der Waals surface area contributed by atoms with Gasteiger partial charge in [-0.1, -0.05) is 19.4 Å². The Labute approximate surface area is 136 Å². The maximum atomic E-state index is 9.86. The molecule has 6 heteroatoms. The lowest BCUT2D eigenvalue weighted by atomic mass is 9.83. The minimum atomic E-state index is -0.395. The predicted molar refractivity (Wildman–Crippen MR) is 88.7 cm³/mol. The van der Waals surface area contributed by atoms with Crippen LogP contribution in [-0.4, -0.2) is 37.0 Å². The Balaban J connectivity index is 1.89. The van der Waals surface area contributed by atoms with Crippen LogP contribution in [0, 0.1) is 0 Å². The van der Waals surface area contributed by atoms with Gasteiger partial charge in [0.15, 0.2) is 5.82 Å². The van der Waals surface area contributed by atoms with E-state index >= 15 is 0 Å². The average Bonchev–Trinajstić information content (AvgIpc) is 3.00. The number of nitrogens with two attached hydrogens (primary N) is 1. The number of unbranched alkanes of at least 4 members (excludes halogenated alkanes) is 1. The summed E-state index contributed by atoms with van der Waals surface area (Å²) in [6, 6.07) is 5.59. The van der Waals surface area contributed by atoms with E-state index in [0.29, 0.717) is 5.82 Å². The van der Waals surface area contributed by atoms with Gasteiger partial charge in [0, 0.05) is 24.7 Å². The molecule has 6 nitrogen and oxygen atoms in total. The van der Waals surface area contributed by atoms with Crippen molar-refractivity contribution in [1.29, 1.82) is 0 Å². The molecule has 1 aliphatic carbocycles. The van der Waals surface area contributed by atoms with Gasteiger partial charge in [0.1, 0.15) is 11.5 Å². The van der Waals surface area contributed by atoms with Crippen molar-refractivity contribution in [3.63, 3.8) is 0 Å². The second-order valence-electron chi connectivity index (χ2n) is 6.33. The van der Waals surface area contributed by atoms with Crippen molar-refractivity contribution in [3.05, 3.63) is 30.2 Å². The molecule has 2 aromatic heterocycles. The van der Waals surface area contributed by atoms with Crippen molar-refractivity contribution < 1.29 is 5.11 Å². The van der Waals surface area contributed by atoms with Crippen LogP contribution in [0.4, 0.5) is 0 Å². The summed E-state index contributed by atoms with van der Waals surface area (Å²) in [5, 5.41) is 14.5. The lowest BCUT2D eigenvalue weighted by molar-refractivity contribution is 0.0984. The molecule has 3 rings (SSSR count). The third-order valence-electron chi connectivity index (χ3n) is 4.54. The summed E-state index contributed by atoms with van der Waals surface area (Å²) in [6.07, 6.45) is 5.93. The first-order chi connectivity index (χ1) is 11.2. The molecule has 1 aliphatic rings. The number of aromatic nitrogens is 4. The molecule has 0 radical (unpaired) electrons. The zero-order valence-corrected chi connectivity index (χ0v) is 13.6. The number of nitrogens with zero attached hydrogens (tertiary/aromatic N) is 4. The molecular weight excluding hydrogens is 290 g/mol. The summed E-state index contributed by atoms with van der Waals surface area (Å²) in [5.41, 5.74) is 6.85. The van der Waals surface area contributed by atoms with Gasteiger partial charge in [0.05, 0.1) is 6.10 Å². The zero-order valence-electron chi connectivity index (χ0n) is 13.6. The molecule has 0 spiro atoms. The number of aliphatic hydroxyl groups excluding tert-OH is 1. The fourth-order valence-electron chi connectivity index (χ4n) is 3.16. The van der Waals surface area contributed by atoms with E-state index < -0.39 is 6.10 Å². The van der Waals surface area contributed by atoms with Crippen LogP contribution in [0.5, 0.6) is 0 Å². The Morgan fingerprint density at radius 3 is 2.91 bits per heavy atom. The third-order valence-corrected chi connectivity index (χ3v) is 4.54. The molecule has 0 bridgehead atoms. The van der Waals surface area contributed by atoms with Gasteiger partial charge in [-0.3, -0.25) is 4.98 Å². The van der Waals surface area contributed by atoms with Crippen molar-refractivity contribution in [1.82, 2.24) is 19.7 Å². The fourth-order valence-corrected chi connectivity index (χ4v) is 3.16. The number of aryl methyl sites for hydroxylation is 1. The second kappa shape index (κ2) is 7.19. The Bertz CT molecular complexity index is 627. The third kappa shape index (κ3) is 3.59. The van der Waals surface area contributed by atoms with Gasteiger partial charge in [0.2, 0.25) is 0 Å². The average molecular weight is 315 g/mol. The van der Waals surface area contributed by atoms with Gasteiger partial charge in [0.25, 0.3) is 0 Å². The zero-order chi connectivity index (χ0) is 16.2. The maximum absolute atomic E-state index is 9.86. The van der Waals surface area contributed by atoms with E-state index in [-0.39, 0.29) is 12.0 Å². The fraction of sp³-hybridized carbons (Fsp3) is 0.588. The van der Waals surface area contributed by atoms with Gasteiger partial charge in [-0.05, 0) is 37.8 Å². The number of hydrogen-bond acceptors (Lipinski definition) is 5. The van der Waals surface area contributed by atoms with E-state index in [9.17, 15) is 5.11 Å². The van der Waals surface area contributed by atoms with E-state index in [2.05, 4.69) is 17.0 Å². The van der Waals surface area contributed by atoms with Crippen LogP contribution in [-0.2, 0) is 6.54 Å². The summed E-state index contributed by atoms with van der Waals surface area (Å²) in [5.74, 6) is 1.92. The van der Waals surface area contributed by atoms with Gasteiger partial charge in [-0.15, -0.1) is 5.10 Å². The first-order valence-corrected chi connectivity index (χ1v) is 8.48. The van der Waals surface area contributed by atoms with Crippen LogP contribution >= 0.6 is 0 Å². The summed E-state index contributed by atoms with van der Waals surface area (Å²) in [7, 11) is 0. The molecule has 1 saturated carbocycles. The van der Waals surface area contributed by atoms with Crippen molar-refractivity contribution >= 4 is 0 Å². The number of rotatable bonds is 5. The smallest absolute Gasteiger partial charge is 0.200 e. The Morgan fingerprint density at radius 1 is 1.35 bits per heavy atom. The van der Waals surface area contributed by atoms with Crippen molar-refractivity contribution in [3.8, 4) is 11.5 Å². The molecule has 23 heavy (non-hydrogen) atoms. The predicted octanol–water partition coefficient (Wildman–Crippen LogP) is 2.10. The van der Waals surface area contributed by atoms with Gasteiger partial charge >= 0.3 is 0 Å². The van der Waals surface area contributed by atoms with Gasteiger partial charge in [-0.25, -0.2) is 9.67 Å². The summed E-state index contributed by atoms with van der Waals surface area (Å²) in [6.45, 7) is 3.03. The molecule has 3 atom stereocenters. The van der Waals surface area contributed by atoms with Crippen LogP contribution in [0.3, 0.4) is 0 Å². The van der Waals surface area contributed by atoms with Crippen LogP contribution in [0.25, 0.3) is 11.5 Å². The summed E-state index contributed by atoms with van der Waals surface area (Å²) < 4.78 is 2.02. The second-order valence-corrected chi connectivity index (χ2v) is 6.33. The molecule has 2 aromatic rings.